The number of anilines is 1. The van der Waals surface area contributed by atoms with Crippen LogP contribution in [0.5, 0.6) is 0 Å². The molecule has 2 aliphatic carbocycles. The standard InChI is InChI=1S/C42H49N9O4/c1-2-51-39-30(19-44-51)36(45-28-13-15-54-16-14-28)29(18-43-39)35-17-42(55-48-35,40(52)46-37-31-22-49(23-32(31)37)20-26-9-5-3-6-10-26)41(53)47-38-33-24-50(25-34(33)38)21-27-11-7-4-8-12-27/h3-12,17-19,28,31-34,37-38,48H,2,13-16,20-25H2,1H3,(H,43,45)(H,46,52)(H,47,53). The Hall–Kier alpha value is -4.82. The molecule has 2 saturated carbocycles. The summed E-state index contributed by atoms with van der Waals surface area (Å²) in [5.74, 6) is 0.512. The van der Waals surface area contributed by atoms with Gasteiger partial charge in [0.05, 0.1) is 23.0 Å². The quantitative estimate of drug-likeness (QED) is 0.160. The highest BCUT2D eigenvalue weighted by Gasteiger charge is 2.62. The molecule has 0 bridgehead atoms. The first-order valence-corrected chi connectivity index (χ1v) is 20.0. The molecule has 0 spiro atoms. The SMILES string of the molecule is CCn1ncc2c(NC3CCOCC3)c(C3=CC(C(=O)NC4C5CN(Cc6ccccc6)CC54)(C(=O)NC4C5CN(Cc6ccccc6)CC54)ON3)cnc21. The molecule has 4 unspecified atom stereocenters. The number of carbonyl (C=O) groups excluding carboxylic acids is 2. The summed E-state index contributed by atoms with van der Waals surface area (Å²) in [5.41, 5.74) is 6.58. The minimum absolute atomic E-state index is 0.000691. The molecule has 13 heteroatoms. The van der Waals surface area contributed by atoms with Gasteiger partial charge in [0.1, 0.15) is 0 Å². The Bertz CT molecular complexity index is 1990. The third-order valence-corrected chi connectivity index (χ3v) is 12.8. The maximum atomic E-state index is 14.5. The Labute approximate surface area is 320 Å². The summed E-state index contributed by atoms with van der Waals surface area (Å²) in [6, 6.07) is 21.2. The number of pyridine rings is 1. The molecule has 5 fully saturated rings. The van der Waals surface area contributed by atoms with Crippen LogP contribution >= 0.6 is 0 Å². The van der Waals surface area contributed by atoms with Crippen molar-refractivity contribution < 1.29 is 19.2 Å². The average molecular weight is 744 g/mol. The van der Waals surface area contributed by atoms with Crippen LogP contribution in [0.2, 0.25) is 0 Å². The van der Waals surface area contributed by atoms with Crippen molar-refractivity contribution in [3.63, 3.8) is 0 Å². The first-order valence-electron chi connectivity index (χ1n) is 20.0. The number of hydroxylamine groups is 1. The number of aromatic nitrogens is 3. The highest BCUT2D eigenvalue weighted by atomic mass is 16.7. The fourth-order valence-electron chi connectivity index (χ4n) is 9.64. The summed E-state index contributed by atoms with van der Waals surface area (Å²) in [6.07, 6.45) is 7.01. The number of carbonyl (C=O) groups is 2. The zero-order valence-electron chi connectivity index (χ0n) is 31.2. The number of ether oxygens (including phenoxy) is 1. The monoisotopic (exact) mass is 743 g/mol. The van der Waals surface area contributed by atoms with Crippen molar-refractivity contribution in [1.82, 2.24) is 40.7 Å². The third kappa shape index (κ3) is 6.46. The van der Waals surface area contributed by atoms with Crippen LogP contribution in [0.4, 0.5) is 5.69 Å². The van der Waals surface area contributed by atoms with E-state index < -0.39 is 17.4 Å². The Morgan fingerprint density at radius 1 is 0.818 bits per heavy atom. The Balaban J connectivity index is 0.900. The molecule has 6 heterocycles. The maximum Gasteiger partial charge on any atom is 0.271 e. The Kier molecular flexibility index (Phi) is 8.84. The van der Waals surface area contributed by atoms with Crippen molar-refractivity contribution >= 4 is 34.2 Å². The number of fused-ring (bicyclic) bond motifs is 3. The molecule has 3 saturated heterocycles. The molecular formula is C42H49N9O4. The minimum Gasteiger partial charge on any atom is -0.381 e. The number of nitrogens with one attached hydrogen (secondary N) is 4. The van der Waals surface area contributed by atoms with E-state index in [-0.39, 0.29) is 18.1 Å². The van der Waals surface area contributed by atoms with Crippen LogP contribution in [0.3, 0.4) is 0 Å². The molecule has 55 heavy (non-hydrogen) atoms. The van der Waals surface area contributed by atoms with Gasteiger partial charge in [-0.3, -0.25) is 24.9 Å². The Morgan fingerprint density at radius 3 is 1.93 bits per heavy atom. The van der Waals surface area contributed by atoms with Gasteiger partial charge < -0.3 is 20.7 Å². The molecule has 4 atom stereocenters. The summed E-state index contributed by atoms with van der Waals surface area (Å²) in [6.45, 7) is 9.52. The molecule has 4 N–H and O–H groups in total. The average Bonchev–Trinajstić information content (AvgIpc) is 3.66. The topological polar surface area (TPSA) is 138 Å². The largest absolute Gasteiger partial charge is 0.381 e. The van der Waals surface area contributed by atoms with Crippen LogP contribution in [0.15, 0.2) is 79.1 Å². The number of piperidine rings is 2. The number of rotatable bonds is 12. The zero-order valence-corrected chi connectivity index (χ0v) is 31.2. The van der Waals surface area contributed by atoms with E-state index >= 15 is 0 Å². The van der Waals surface area contributed by atoms with Crippen LogP contribution < -0.4 is 21.4 Å². The molecule has 10 rings (SSSR count). The van der Waals surface area contributed by atoms with Gasteiger partial charge in [0.2, 0.25) is 0 Å². The lowest BCUT2D eigenvalue weighted by Crippen LogP contribution is -2.59. The second kappa shape index (κ2) is 14.0. The first-order chi connectivity index (χ1) is 27.0. The van der Waals surface area contributed by atoms with Gasteiger partial charge in [-0.05, 0) is 60.6 Å². The van der Waals surface area contributed by atoms with Gasteiger partial charge in [0, 0.05) is 88.9 Å². The number of nitrogens with zero attached hydrogens (tertiary/aromatic N) is 5. The minimum atomic E-state index is -1.89. The van der Waals surface area contributed by atoms with Crippen LogP contribution in [-0.4, -0.2) is 99.5 Å². The normalized spacial score (nSPS) is 30.0. The first kappa shape index (κ1) is 34.7. The fraction of sp³-hybridized carbons (Fsp3) is 0.476. The second-order valence-corrected chi connectivity index (χ2v) is 16.3. The van der Waals surface area contributed by atoms with Crippen LogP contribution in [0, 0.1) is 23.7 Å². The number of likely N-dealkylation sites (tertiary alicyclic amines) is 2. The summed E-state index contributed by atoms with van der Waals surface area (Å²) in [7, 11) is 0. The third-order valence-electron chi connectivity index (χ3n) is 12.8. The molecule has 2 aromatic heterocycles. The van der Waals surface area contributed by atoms with E-state index in [4.69, 9.17) is 14.6 Å². The van der Waals surface area contributed by atoms with Gasteiger partial charge in [-0.1, -0.05) is 60.7 Å². The summed E-state index contributed by atoms with van der Waals surface area (Å²) in [4.78, 5) is 45.0. The number of benzene rings is 2. The van der Waals surface area contributed by atoms with Gasteiger partial charge >= 0.3 is 0 Å². The number of hydrogen-bond acceptors (Lipinski definition) is 10. The highest BCUT2D eigenvalue weighted by molar-refractivity contribution is 6.13. The van der Waals surface area contributed by atoms with Gasteiger partial charge in [0.25, 0.3) is 17.4 Å². The van der Waals surface area contributed by atoms with E-state index in [0.29, 0.717) is 49.1 Å². The van der Waals surface area contributed by atoms with E-state index in [9.17, 15) is 9.59 Å². The number of aryl methyl sites for hydroxylation is 1. The lowest BCUT2D eigenvalue weighted by molar-refractivity contribution is -0.157. The molecule has 2 aromatic carbocycles. The molecule has 2 amide bonds. The molecule has 286 valence electrons. The van der Waals surface area contributed by atoms with E-state index in [1.165, 1.54) is 11.1 Å². The summed E-state index contributed by atoms with van der Waals surface area (Å²) in [5, 5.41) is 15.8. The lowest BCUT2D eigenvalue weighted by Gasteiger charge is -2.26. The van der Waals surface area contributed by atoms with Crippen molar-refractivity contribution in [2.24, 2.45) is 23.7 Å². The lowest BCUT2D eigenvalue weighted by atomic mass is 9.97. The van der Waals surface area contributed by atoms with Crippen molar-refractivity contribution in [2.75, 3.05) is 44.7 Å². The molecular weight excluding hydrogens is 695 g/mol. The summed E-state index contributed by atoms with van der Waals surface area (Å²) < 4.78 is 7.51. The van der Waals surface area contributed by atoms with Crippen molar-refractivity contribution in [3.8, 4) is 0 Å². The highest BCUT2D eigenvalue weighted by Crippen LogP contribution is 2.48. The Morgan fingerprint density at radius 2 is 1.38 bits per heavy atom. The van der Waals surface area contributed by atoms with Crippen LogP contribution in [-0.2, 0) is 38.8 Å². The van der Waals surface area contributed by atoms with E-state index in [1.807, 2.05) is 29.9 Å². The fourth-order valence-corrected chi connectivity index (χ4v) is 9.64. The molecule has 13 nitrogen and oxygen atoms in total. The predicted octanol–water partition coefficient (Wildman–Crippen LogP) is 3.15. The summed E-state index contributed by atoms with van der Waals surface area (Å²) >= 11 is 0. The van der Waals surface area contributed by atoms with Crippen LogP contribution in [0.25, 0.3) is 16.7 Å². The van der Waals surface area contributed by atoms with Gasteiger partial charge in [-0.15, -0.1) is 0 Å². The van der Waals surface area contributed by atoms with Gasteiger partial charge in [-0.2, -0.15) is 5.10 Å². The van der Waals surface area contributed by atoms with E-state index in [1.54, 1.807) is 12.3 Å². The number of hydrogen-bond donors (Lipinski definition) is 4. The van der Waals surface area contributed by atoms with E-state index in [0.717, 1.165) is 74.4 Å². The maximum absolute atomic E-state index is 14.5. The second-order valence-electron chi connectivity index (χ2n) is 16.3. The molecule has 4 aliphatic heterocycles. The van der Waals surface area contributed by atoms with Crippen molar-refractivity contribution in [1.29, 1.82) is 0 Å². The van der Waals surface area contributed by atoms with Crippen LogP contribution in [0.1, 0.15) is 36.5 Å². The van der Waals surface area contributed by atoms with Gasteiger partial charge in [-0.25, -0.2) is 14.5 Å². The molecule has 4 aromatic rings. The zero-order chi connectivity index (χ0) is 37.1. The number of amides is 2. The van der Waals surface area contributed by atoms with Crippen molar-refractivity contribution in [3.05, 3.63) is 95.8 Å². The van der Waals surface area contributed by atoms with E-state index in [2.05, 4.69) is 84.9 Å². The molecule has 0 radical (unpaired) electrons. The van der Waals surface area contributed by atoms with Crippen molar-refractivity contribution in [2.45, 2.75) is 63.1 Å². The molecule has 6 aliphatic rings. The smallest absolute Gasteiger partial charge is 0.271 e. The predicted molar refractivity (Wildman–Crippen MR) is 207 cm³/mol. The van der Waals surface area contributed by atoms with Gasteiger partial charge in [0.15, 0.2) is 5.65 Å².